The second-order valence-electron chi connectivity index (χ2n) is 4.81. The molecule has 0 bridgehead atoms. The zero-order valence-electron chi connectivity index (χ0n) is 11.3. The zero-order valence-corrected chi connectivity index (χ0v) is 12.1. The first-order chi connectivity index (χ1) is 10.2. The third-order valence-electron chi connectivity index (χ3n) is 3.36. The molecule has 0 fully saturated rings. The molecule has 4 nitrogen and oxygen atoms in total. The number of ether oxygens (including phenoxy) is 1. The van der Waals surface area contributed by atoms with Crippen molar-refractivity contribution in [3.63, 3.8) is 0 Å². The van der Waals surface area contributed by atoms with Crippen molar-refractivity contribution in [3.8, 4) is 5.75 Å². The van der Waals surface area contributed by atoms with Crippen molar-refractivity contribution < 1.29 is 9.53 Å². The lowest BCUT2D eigenvalue weighted by Gasteiger charge is -2.12. The zero-order chi connectivity index (χ0) is 14.7. The van der Waals surface area contributed by atoms with Gasteiger partial charge >= 0.3 is 0 Å². The van der Waals surface area contributed by atoms with Crippen molar-refractivity contribution in [1.82, 2.24) is 5.32 Å². The lowest BCUT2D eigenvalue weighted by Crippen LogP contribution is -2.32. The number of amides is 1. The van der Waals surface area contributed by atoms with Crippen molar-refractivity contribution in [2.24, 2.45) is 0 Å². The van der Waals surface area contributed by atoms with Gasteiger partial charge in [-0.25, -0.2) is 0 Å². The Labute approximate surface area is 128 Å². The number of hydrogen-bond acceptors (Lipinski definition) is 3. The molecule has 1 heterocycles. The normalized spacial score (nSPS) is 16.1. The van der Waals surface area contributed by atoms with Crippen molar-refractivity contribution in [2.45, 2.75) is 6.04 Å². The van der Waals surface area contributed by atoms with E-state index in [1.165, 1.54) is 0 Å². The fourth-order valence-corrected chi connectivity index (χ4v) is 2.49. The van der Waals surface area contributed by atoms with Gasteiger partial charge in [0.05, 0.1) is 23.3 Å². The Balaban J connectivity index is 1.57. The van der Waals surface area contributed by atoms with Crippen LogP contribution in [-0.2, 0) is 4.79 Å². The molecule has 1 atom stereocenters. The van der Waals surface area contributed by atoms with E-state index in [-0.39, 0.29) is 18.5 Å². The summed E-state index contributed by atoms with van der Waals surface area (Å²) in [4.78, 5) is 12.0. The Morgan fingerprint density at radius 3 is 2.81 bits per heavy atom. The summed E-state index contributed by atoms with van der Waals surface area (Å²) in [5.74, 6) is 0.744. The van der Waals surface area contributed by atoms with Crippen LogP contribution in [-0.4, -0.2) is 19.1 Å². The molecule has 0 saturated carbocycles. The number of carbonyl (C=O) groups excluding carboxylic acids is 1. The molecule has 0 spiro atoms. The standard InChI is InChI=1S/C16H15ClN2O2/c17-12-6-2-3-7-13(12)19-16(20)9-18-14-10-21-15-8-4-1-5-11(14)15/h1-8,14,18H,9-10H2,(H,19,20). The molecule has 108 valence electrons. The number of nitrogens with one attached hydrogen (secondary N) is 2. The van der Waals surface area contributed by atoms with Crippen LogP contribution in [0.1, 0.15) is 11.6 Å². The van der Waals surface area contributed by atoms with Crippen LogP contribution in [0.15, 0.2) is 48.5 Å². The molecule has 21 heavy (non-hydrogen) atoms. The summed E-state index contributed by atoms with van der Waals surface area (Å²) in [5, 5.41) is 6.51. The number of rotatable bonds is 4. The smallest absolute Gasteiger partial charge is 0.238 e. The summed E-state index contributed by atoms with van der Waals surface area (Å²) < 4.78 is 5.57. The fraction of sp³-hybridized carbons (Fsp3) is 0.188. The van der Waals surface area contributed by atoms with E-state index >= 15 is 0 Å². The monoisotopic (exact) mass is 302 g/mol. The van der Waals surface area contributed by atoms with Crippen molar-refractivity contribution >= 4 is 23.2 Å². The molecule has 2 aromatic rings. The van der Waals surface area contributed by atoms with Gasteiger partial charge in [-0.15, -0.1) is 0 Å². The molecule has 0 radical (unpaired) electrons. The Bertz CT molecular complexity index is 660. The first kappa shape index (κ1) is 13.9. The average molecular weight is 303 g/mol. The number of para-hydroxylation sites is 2. The first-order valence-electron chi connectivity index (χ1n) is 6.73. The lowest BCUT2D eigenvalue weighted by atomic mass is 10.1. The average Bonchev–Trinajstić information content (AvgIpc) is 2.91. The van der Waals surface area contributed by atoms with Crippen LogP contribution in [0, 0.1) is 0 Å². The van der Waals surface area contributed by atoms with Crippen LogP contribution in [0.2, 0.25) is 5.02 Å². The van der Waals surface area contributed by atoms with Crippen molar-refractivity contribution in [2.75, 3.05) is 18.5 Å². The van der Waals surface area contributed by atoms with Gasteiger partial charge < -0.3 is 10.1 Å². The maximum atomic E-state index is 12.0. The van der Waals surface area contributed by atoms with Crippen LogP contribution in [0.25, 0.3) is 0 Å². The van der Waals surface area contributed by atoms with Gasteiger partial charge in [-0.3, -0.25) is 10.1 Å². The summed E-state index contributed by atoms with van der Waals surface area (Å²) >= 11 is 6.01. The summed E-state index contributed by atoms with van der Waals surface area (Å²) in [6, 6.07) is 15.0. The molecule has 0 aromatic heterocycles. The minimum atomic E-state index is -0.132. The fourth-order valence-electron chi connectivity index (χ4n) is 2.30. The van der Waals surface area contributed by atoms with Crippen LogP contribution in [0.4, 0.5) is 5.69 Å². The topological polar surface area (TPSA) is 50.4 Å². The first-order valence-corrected chi connectivity index (χ1v) is 7.11. The van der Waals surface area contributed by atoms with E-state index in [0.29, 0.717) is 17.3 Å². The Kier molecular flexibility index (Phi) is 4.08. The highest BCUT2D eigenvalue weighted by Gasteiger charge is 2.23. The number of benzene rings is 2. The van der Waals surface area contributed by atoms with E-state index in [4.69, 9.17) is 16.3 Å². The van der Waals surface area contributed by atoms with E-state index < -0.39 is 0 Å². The van der Waals surface area contributed by atoms with Gasteiger partial charge in [0.2, 0.25) is 5.91 Å². The van der Waals surface area contributed by atoms with Gasteiger partial charge in [-0.1, -0.05) is 41.9 Å². The van der Waals surface area contributed by atoms with Crippen LogP contribution in [0.5, 0.6) is 5.75 Å². The summed E-state index contributed by atoms with van der Waals surface area (Å²) in [7, 11) is 0. The van der Waals surface area contributed by atoms with Crippen molar-refractivity contribution in [3.05, 3.63) is 59.1 Å². The van der Waals surface area contributed by atoms with Gasteiger partial charge in [0.25, 0.3) is 0 Å². The third kappa shape index (κ3) is 3.17. The van der Waals surface area contributed by atoms with E-state index in [1.54, 1.807) is 12.1 Å². The highest BCUT2D eigenvalue weighted by atomic mass is 35.5. The molecule has 1 unspecified atom stereocenters. The summed E-state index contributed by atoms with van der Waals surface area (Å²) in [5.41, 5.74) is 1.71. The lowest BCUT2D eigenvalue weighted by molar-refractivity contribution is -0.115. The molecule has 1 amide bonds. The van der Waals surface area contributed by atoms with Gasteiger partial charge in [0.1, 0.15) is 12.4 Å². The molecule has 1 aliphatic heterocycles. The molecule has 5 heteroatoms. The number of fused-ring (bicyclic) bond motifs is 1. The highest BCUT2D eigenvalue weighted by molar-refractivity contribution is 6.33. The maximum Gasteiger partial charge on any atom is 0.238 e. The quantitative estimate of drug-likeness (QED) is 0.913. The Hall–Kier alpha value is -2.04. The summed E-state index contributed by atoms with van der Waals surface area (Å²) in [6.45, 7) is 0.742. The Morgan fingerprint density at radius 2 is 1.95 bits per heavy atom. The molecule has 0 saturated heterocycles. The minimum absolute atomic E-state index is 0.0400. The second-order valence-corrected chi connectivity index (χ2v) is 5.22. The molecule has 3 rings (SSSR count). The summed E-state index contributed by atoms with van der Waals surface area (Å²) in [6.07, 6.45) is 0. The molecule has 2 N–H and O–H groups in total. The number of halogens is 1. The predicted molar refractivity (Wildman–Crippen MR) is 82.8 cm³/mol. The molecular formula is C16H15ClN2O2. The molecule has 0 aliphatic carbocycles. The van der Waals surface area contributed by atoms with Gasteiger partial charge in [0, 0.05) is 5.56 Å². The van der Waals surface area contributed by atoms with E-state index in [9.17, 15) is 4.79 Å². The SMILES string of the molecule is O=C(CNC1COc2ccccc21)Nc1ccccc1Cl. The number of anilines is 1. The van der Waals surface area contributed by atoms with Crippen LogP contribution < -0.4 is 15.4 Å². The maximum absolute atomic E-state index is 12.0. The predicted octanol–water partition coefficient (Wildman–Crippen LogP) is 3.00. The Morgan fingerprint density at radius 1 is 1.19 bits per heavy atom. The van der Waals surface area contributed by atoms with Gasteiger partial charge in [-0.05, 0) is 18.2 Å². The minimum Gasteiger partial charge on any atom is -0.491 e. The van der Waals surface area contributed by atoms with Gasteiger partial charge in [0.15, 0.2) is 0 Å². The molecular weight excluding hydrogens is 288 g/mol. The number of carbonyl (C=O) groups is 1. The number of hydrogen-bond donors (Lipinski definition) is 2. The van der Waals surface area contributed by atoms with Gasteiger partial charge in [-0.2, -0.15) is 0 Å². The third-order valence-corrected chi connectivity index (χ3v) is 3.69. The van der Waals surface area contributed by atoms with E-state index in [1.807, 2.05) is 36.4 Å². The van der Waals surface area contributed by atoms with Crippen LogP contribution >= 0.6 is 11.6 Å². The largest absolute Gasteiger partial charge is 0.491 e. The second kappa shape index (κ2) is 6.16. The molecule has 1 aliphatic rings. The van der Waals surface area contributed by atoms with Crippen molar-refractivity contribution in [1.29, 1.82) is 0 Å². The molecule has 2 aromatic carbocycles. The van der Waals surface area contributed by atoms with E-state index in [2.05, 4.69) is 10.6 Å². The van der Waals surface area contributed by atoms with Crippen LogP contribution in [0.3, 0.4) is 0 Å². The van der Waals surface area contributed by atoms with E-state index in [0.717, 1.165) is 11.3 Å². The highest BCUT2D eigenvalue weighted by Crippen LogP contribution is 2.31.